The lowest BCUT2D eigenvalue weighted by atomic mass is 9.97. The molecule has 110 valence electrons. The zero-order valence-electron chi connectivity index (χ0n) is 12.4. The SMILES string of the molecule is COc1cccc(NC(CN)c2ccccc2C2CC2)c1. The molecule has 0 aliphatic heterocycles. The van der Waals surface area contributed by atoms with Crippen LogP contribution in [0, 0.1) is 0 Å². The highest BCUT2D eigenvalue weighted by Gasteiger charge is 2.27. The second-order valence-electron chi connectivity index (χ2n) is 5.57. The third-order valence-corrected chi connectivity index (χ3v) is 4.03. The minimum Gasteiger partial charge on any atom is -0.497 e. The second kappa shape index (κ2) is 6.19. The van der Waals surface area contributed by atoms with E-state index in [1.165, 1.54) is 24.0 Å². The van der Waals surface area contributed by atoms with Crippen LogP contribution in [0.3, 0.4) is 0 Å². The number of nitrogens with two attached hydrogens (primary N) is 1. The Morgan fingerprint density at radius 3 is 2.71 bits per heavy atom. The number of rotatable bonds is 6. The number of hydrogen-bond donors (Lipinski definition) is 2. The van der Waals surface area contributed by atoms with Gasteiger partial charge in [-0.15, -0.1) is 0 Å². The zero-order chi connectivity index (χ0) is 14.7. The average Bonchev–Trinajstić information content (AvgIpc) is 3.38. The smallest absolute Gasteiger partial charge is 0.120 e. The molecule has 1 fully saturated rings. The molecule has 0 saturated heterocycles. The van der Waals surface area contributed by atoms with Crippen molar-refractivity contribution in [1.82, 2.24) is 0 Å². The number of benzene rings is 2. The van der Waals surface area contributed by atoms with Gasteiger partial charge in [-0.25, -0.2) is 0 Å². The Labute approximate surface area is 126 Å². The van der Waals surface area contributed by atoms with Crippen molar-refractivity contribution in [3.8, 4) is 5.75 Å². The molecule has 0 bridgehead atoms. The van der Waals surface area contributed by atoms with E-state index in [9.17, 15) is 0 Å². The number of anilines is 1. The molecule has 3 nitrogen and oxygen atoms in total. The molecular formula is C18H22N2O. The Bertz CT molecular complexity index is 608. The summed E-state index contributed by atoms with van der Waals surface area (Å²) in [4.78, 5) is 0. The van der Waals surface area contributed by atoms with Crippen molar-refractivity contribution in [1.29, 1.82) is 0 Å². The van der Waals surface area contributed by atoms with Gasteiger partial charge in [0.05, 0.1) is 13.2 Å². The highest BCUT2D eigenvalue weighted by molar-refractivity contribution is 5.51. The van der Waals surface area contributed by atoms with Gasteiger partial charge in [0.1, 0.15) is 5.75 Å². The number of hydrogen-bond acceptors (Lipinski definition) is 3. The van der Waals surface area contributed by atoms with Crippen molar-refractivity contribution in [3.05, 3.63) is 59.7 Å². The molecule has 1 aliphatic rings. The molecular weight excluding hydrogens is 260 g/mol. The van der Waals surface area contributed by atoms with Gasteiger partial charge in [0.2, 0.25) is 0 Å². The monoisotopic (exact) mass is 282 g/mol. The van der Waals surface area contributed by atoms with Crippen LogP contribution in [0.15, 0.2) is 48.5 Å². The van der Waals surface area contributed by atoms with Gasteiger partial charge in [-0.2, -0.15) is 0 Å². The molecule has 2 aromatic rings. The Balaban J connectivity index is 1.84. The summed E-state index contributed by atoms with van der Waals surface area (Å²) in [5, 5.41) is 3.54. The third-order valence-electron chi connectivity index (χ3n) is 4.03. The molecule has 1 aliphatic carbocycles. The molecule has 0 heterocycles. The highest BCUT2D eigenvalue weighted by Crippen LogP contribution is 2.43. The van der Waals surface area contributed by atoms with Crippen molar-refractivity contribution in [3.63, 3.8) is 0 Å². The summed E-state index contributed by atoms with van der Waals surface area (Å²) in [6.07, 6.45) is 2.60. The van der Waals surface area contributed by atoms with Crippen LogP contribution in [0.5, 0.6) is 5.75 Å². The van der Waals surface area contributed by atoms with Crippen molar-refractivity contribution >= 4 is 5.69 Å². The van der Waals surface area contributed by atoms with E-state index >= 15 is 0 Å². The molecule has 3 rings (SSSR count). The summed E-state index contributed by atoms with van der Waals surface area (Å²) in [5.74, 6) is 1.58. The number of nitrogens with one attached hydrogen (secondary N) is 1. The summed E-state index contributed by atoms with van der Waals surface area (Å²) in [5.41, 5.74) is 9.83. The lowest BCUT2D eigenvalue weighted by Gasteiger charge is -2.22. The van der Waals surface area contributed by atoms with Gasteiger partial charge in [0, 0.05) is 18.3 Å². The van der Waals surface area contributed by atoms with Crippen LogP contribution < -0.4 is 15.8 Å². The van der Waals surface area contributed by atoms with E-state index in [1.54, 1.807) is 7.11 Å². The number of methoxy groups -OCH3 is 1. The first kappa shape index (κ1) is 14.0. The van der Waals surface area contributed by atoms with Crippen LogP contribution >= 0.6 is 0 Å². The van der Waals surface area contributed by atoms with E-state index in [0.29, 0.717) is 6.54 Å². The Morgan fingerprint density at radius 1 is 1.19 bits per heavy atom. The summed E-state index contributed by atoms with van der Waals surface area (Å²) in [6.45, 7) is 0.570. The van der Waals surface area contributed by atoms with Crippen LogP contribution in [-0.4, -0.2) is 13.7 Å². The van der Waals surface area contributed by atoms with Crippen LogP contribution in [-0.2, 0) is 0 Å². The molecule has 1 atom stereocenters. The second-order valence-corrected chi connectivity index (χ2v) is 5.57. The van der Waals surface area contributed by atoms with Crippen LogP contribution in [0.2, 0.25) is 0 Å². The first-order chi connectivity index (χ1) is 10.3. The van der Waals surface area contributed by atoms with Gasteiger partial charge in [0.25, 0.3) is 0 Å². The maximum Gasteiger partial charge on any atom is 0.120 e. The van der Waals surface area contributed by atoms with Crippen molar-refractivity contribution in [2.75, 3.05) is 19.0 Å². The number of ether oxygens (including phenoxy) is 1. The van der Waals surface area contributed by atoms with Crippen molar-refractivity contribution in [2.45, 2.75) is 24.8 Å². The third kappa shape index (κ3) is 3.19. The fraction of sp³-hybridized carbons (Fsp3) is 0.333. The predicted octanol–water partition coefficient (Wildman–Crippen LogP) is 3.68. The molecule has 2 aromatic carbocycles. The minimum atomic E-state index is 0.133. The summed E-state index contributed by atoms with van der Waals surface area (Å²) >= 11 is 0. The van der Waals surface area contributed by atoms with Gasteiger partial charge in [-0.3, -0.25) is 0 Å². The summed E-state index contributed by atoms with van der Waals surface area (Å²) in [6, 6.07) is 16.8. The van der Waals surface area contributed by atoms with Gasteiger partial charge in [-0.05, 0) is 42.0 Å². The van der Waals surface area contributed by atoms with Crippen LogP contribution in [0.1, 0.15) is 35.9 Å². The molecule has 0 spiro atoms. The molecule has 21 heavy (non-hydrogen) atoms. The molecule has 0 aromatic heterocycles. The lowest BCUT2D eigenvalue weighted by molar-refractivity contribution is 0.415. The molecule has 1 unspecified atom stereocenters. The zero-order valence-corrected chi connectivity index (χ0v) is 12.4. The van der Waals surface area contributed by atoms with Gasteiger partial charge < -0.3 is 15.8 Å². The normalized spacial score (nSPS) is 15.5. The van der Waals surface area contributed by atoms with E-state index in [2.05, 4.69) is 29.6 Å². The average molecular weight is 282 g/mol. The van der Waals surface area contributed by atoms with E-state index in [4.69, 9.17) is 10.5 Å². The fourth-order valence-corrected chi connectivity index (χ4v) is 2.77. The largest absolute Gasteiger partial charge is 0.497 e. The van der Waals surface area contributed by atoms with E-state index in [1.807, 2.05) is 24.3 Å². The van der Waals surface area contributed by atoms with Crippen LogP contribution in [0.25, 0.3) is 0 Å². The first-order valence-electron chi connectivity index (χ1n) is 7.51. The Morgan fingerprint density at radius 2 is 2.00 bits per heavy atom. The van der Waals surface area contributed by atoms with E-state index in [-0.39, 0.29) is 6.04 Å². The lowest BCUT2D eigenvalue weighted by Crippen LogP contribution is -2.21. The molecule has 0 amide bonds. The topological polar surface area (TPSA) is 47.3 Å². The van der Waals surface area contributed by atoms with Gasteiger partial charge >= 0.3 is 0 Å². The molecule has 1 saturated carbocycles. The Hall–Kier alpha value is -2.00. The highest BCUT2D eigenvalue weighted by atomic mass is 16.5. The predicted molar refractivity (Wildman–Crippen MR) is 86.8 cm³/mol. The van der Waals surface area contributed by atoms with E-state index < -0.39 is 0 Å². The van der Waals surface area contributed by atoms with Crippen LogP contribution in [0.4, 0.5) is 5.69 Å². The quantitative estimate of drug-likeness (QED) is 0.849. The van der Waals surface area contributed by atoms with Crippen molar-refractivity contribution in [2.24, 2.45) is 5.73 Å². The standard InChI is InChI=1S/C18H22N2O/c1-21-15-6-4-5-14(11-15)20-18(12-19)17-8-3-2-7-16(17)13-9-10-13/h2-8,11,13,18,20H,9-10,12,19H2,1H3. The molecule has 3 heteroatoms. The van der Waals surface area contributed by atoms with Gasteiger partial charge in [0.15, 0.2) is 0 Å². The van der Waals surface area contributed by atoms with E-state index in [0.717, 1.165) is 17.4 Å². The Kier molecular flexibility index (Phi) is 4.11. The molecule has 0 radical (unpaired) electrons. The minimum absolute atomic E-state index is 0.133. The van der Waals surface area contributed by atoms with Gasteiger partial charge in [-0.1, -0.05) is 30.3 Å². The summed E-state index contributed by atoms with van der Waals surface area (Å²) < 4.78 is 5.28. The van der Waals surface area contributed by atoms with Crippen molar-refractivity contribution < 1.29 is 4.74 Å². The maximum atomic E-state index is 6.02. The fourth-order valence-electron chi connectivity index (χ4n) is 2.77. The molecule has 3 N–H and O–H groups in total. The maximum absolute atomic E-state index is 6.02. The first-order valence-corrected chi connectivity index (χ1v) is 7.51. The summed E-state index contributed by atoms with van der Waals surface area (Å²) in [7, 11) is 1.68.